The molecule has 1 heterocycles. The third-order valence-electron chi connectivity index (χ3n) is 5.84. The molecule has 1 aliphatic heterocycles. The number of rotatable bonds is 6. The Bertz CT molecular complexity index is 851. The van der Waals surface area contributed by atoms with Gasteiger partial charge < -0.3 is 29.9 Å². The molecule has 30 heavy (non-hydrogen) atoms. The molecule has 0 saturated carbocycles. The number of halogens is 1. The minimum absolute atomic E-state index is 0.376. The summed E-state index contributed by atoms with van der Waals surface area (Å²) in [6, 6.07) is 13.3. The predicted octanol–water partition coefficient (Wildman–Crippen LogP) is 2.33. The Hall–Kier alpha value is -1.51. The summed E-state index contributed by atoms with van der Waals surface area (Å²) in [6.07, 6.45) is -5.41. The molecule has 0 amide bonds. The maximum Gasteiger partial charge on any atom is 0.113 e. The van der Waals surface area contributed by atoms with E-state index < -0.39 is 37.1 Å². The third-order valence-corrected chi connectivity index (χ3v) is 6.21. The number of ether oxygens (including phenoxy) is 2. The quantitative estimate of drug-likeness (QED) is 0.554. The summed E-state index contributed by atoms with van der Waals surface area (Å²) in [4.78, 5) is 0. The van der Waals surface area contributed by atoms with Crippen LogP contribution in [-0.4, -0.2) is 58.6 Å². The summed E-state index contributed by atoms with van der Waals surface area (Å²) < 4.78 is 11.2. The average Bonchev–Trinajstić information content (AvgIpc) is 2.74. The minimum atomic E-state index is -1.42. The Kier molecular flexibility index (Phi) is 7.20. The fourth-order valence-corrected chi connectivity index (χ4v) is 3.83. The fraction of sp³-hybridized carbons (Fsp3) is 0.478. The zero-order chi connectivity index (χ0) is 22.1. The summed E-state index contributed by atoms with van der Waals surface area (Å²) in [5, 5.41) is 40.4. The monoisotopic (exact) mass is 436 g/mol. The van der Waals surface area contributed by atoms with Gasteiger partial charge in [-0.1, -0.05) is 48.0 Å². The highest BCUT2D eigenvalue weighted by molar-refractivity contribution is 6.31. The number of hydrogen-bond donors (Lipinski definition) is 4. The van der Waals surface area contributed by atoms with E-state index in [1.54, 1.807) is 19.2 Å². The molecule has 2 aromatic carbocycles. The highest BCUT2D eigenvalue weighted by Gasteiger charge is 2.44. The van der Waals surface area contributed by atoms with Crippen molar-refractivity contribution in [3.05, 3.63) is 69.7 Å². The van der Waals surface area contributed by atoms with E-state index in [1.807, 2.05) is 44.2 Å². The molecule has 164 valence electrons. The van der Waals surface area contributed by atoms with Crippen LogP contribution in [0.2, 0.25) is 5.02 Å². The van der Waals surface area contributed by atoms with Gasteiger partial charge in [-0.15, -0.1) is 0 Å². The molecule has 0 unspecified atom stereocenters. The van der Waals surface area contributed by atoms with Gasteiger partial charge in [0.2, 0.25) is 0 Å². The van der Waals surface area contributed by atoms with E-state index in [2.05, 4.69) is 0 Å². The molecule has 3 rings (SSSR count). The Labute approximate surface area is 181 Å². The first-order chi connectivity index (χ1) is 14.2. The Morgan fingerprint density at radius 1 is 1.00 bits per heavy atom. The normalized spacial score (nSPS) is 27.3. The molecule has 0 bridgehead atoms. The van der Waals surface area contributed by atoms with Gasteiger partial charge >= 0.3 is 0 Å². The van der Waals surface area contributed by atoms with E-state index >= 15 is 0 Å². The highest BCUT2D eigenvalue weighted by atomic mass is 35.5. The fourth-order valence-electron chi connectivity index (χ4n) is 3.65. The average molecular weight is 437 g/mol. The molecule has 6 nitrogen and oxygen atoms in total. The Balaban J connectivity index is 1.83. The van der Waals surface area contributed by atoms with E-state index in [0.29, 0.717) is 17.0 Å². The maximum atomic E-state index is 10.4. The molecule has 1 saturated heterocycles. The van der Waals surface area contributed by atoms with Crippen LogP contribution in [0, 0.1) is 0 Å². The van der Waals surface area contributed by atoms with Crippen molar-refractivity contribution in [3.8, 4) is 0 Å². The van der Waals surface area contributed by atoms with E-state index in [-0.39, 0.29) is 5.60 Å². The number of methoxy groups -OCH3 is 1. The highest BCUT2D eigenvalue weighted by Crippen LogP contribution is 2.34. The van der Waals surface area contributed by atoms with Gasteiger partial charge in [0, 0.05) is 12.1 Å². The molecular formula is C23H29ClO6. The number of aliphatic hydroxyl groups is 4. The smallest absolute Gasteiger partial charge is 0.113 e. The van der Waals surface area contributed by atoms with Crippen LogP contribution < -0.4 is 0 Å². The van der Waals surface area contributed by atoms with Gasteiger partial charge in [0.25, 0.3) is 0 Å². The van der Waals surface area contributed by atoms with Gasteiger partial charge in [-0.05, 0) is 48.6 Å². The van der Waals surface area contributed by atoms with Gasteiger partial charge in [0.05, 0.1) is 12.2 Å². The molecule has 2 aromatic rings. The molecular weight excluding hydrogens is 408 g/mol. The Morgan fingerprint density at radius 2 is 1.67 bits per heavy atom. The lowest BCUT2D eigenvalue weighted by atomic mass is 9.90. The minimum Gasteiger partial charge on any atom is -0.394 e. The first-order valence-electron chi connectivity index (χ1n) is 9.91. The summed E-state index contributed by atoms with van der Waals surface area (Å²) in [6.45, 7) is 3.54. The molecule has 5 atom stereocenters. The van der Waals surface area contributed by atoms with Crippen LogP contribution in [0.3, 0.4) is 0 Å². The van der Waals surface area contributed by atoms with Crippen LogP contribution in [0.5, 0.6) is 0 Å². The van der Waals surface area contributed by atoms with Crippen molar-refractivity contribution in [1.29, 1.82) is 0 Å². The van der Waals surface area contributed by atoms with Crippen molar-refractivity contribution in [2.24, 2.45) is 0 Å². The van der Waals surface area contributed by atoms with Gasteiger partial charge in [-0.25, -0.2) is 0 Å². The molecule has 0 aromatic heterocycles. The standard InChI is InChI=1S/C23H29ClO6/c1-23(2,29-3)16-7-4-13(5-8-16)10-15-11-14(6-9-17(15)24)22-21(28)20(27)19(26)18(12-25)30-22/h4-9,11,18-22,25-28H,10,12H2,1-3H3/t18-,19-,20+,21-,22+/m1/s1. The van der Waals surface area contributed by atoms with Crippen molar-refractivity contribution in [2.75, 3.05) is 13.7 Å². The summed E-state index contributed by atoms with van der Waals surface area (Å²) in [5.41, 5.74) is 3.20. The van der Waals surface area contributed by atoms with Crippen LogP contribution in [0.4, 0.5) is 0 Å². The van der Waals surface area contributed by atoms with Crippen molar-refractivity contribution < 1.29 is 29.9 Å². The van der Waals surface area contributed by atoms with E-state index in [9.17, 15) is 20.4 Å². The molecule has 7 heteroatoms. The molecule has 1 fully saturated rings. The second-order valence-corrected chi connectivity index (χ2v) is 8.60. The van der Waals surface area contributed by atoms with E-state index in [1.165, 1.54) is 0 Å². The lowest BCUT2D eigenvalue weighted by molar-refractivity contribution is -0.231. The van der Waals surface area contributed by atoms with Crippen LogP contribution >= 0.6 is 11.6 Å². The van der Waals surface area contributed by atoms with Crippen molar-refractivity contribution in [1.82, 2.24) is 0 Å². The lowest BCUT2D eigenvalue weighted by Crippen LogP contribution is -2.55. The molecule has 0 spiro atoms. The number of aliphatic hydroxyl groups excluding tert-OH is 4. The largest absolute Gasteiger partial charge is 0.394 e. The maximum absolute atomic E-state index is 10.4. The van der Waals surface area contributed by atoms with Crippen LogP contribution in [0.25, 0.3) is 0 Å². The number of benzene rings is 2. The van der Waals surface area contributed by atoms with Crippen molar-refractivity contribution in [2.45, 2.75) is 56.4 Å². The second-order valence-electron chi connectivity index (χ2n) is 8.19. The number of hydrogen-bond acceptors (Lipinski definition) is 6. The zero-order valence-electron chi connectivity index (χ0n) is 17.3. The third kappa shape index (κ3) is 4.70. The van der Waals surface area contributed by atoms with Gasteiger partial charge in [0.1, 0.15) is 30.5 Å². The predicted molar refractivity (Wildman–Crippen MR) is 113 cm³/mol. The lowest BCUT2D eigenvalue weighted by Gasteiger charge is -2.40. The topological polar surface area (TPSA) is 99.4 Å². The van der Waals surface area contributed by atoms with Crippen LogP contribution in [0.1, 0.15) is 42.2 Å². The summed E-state index contributed by atoms with van der Waals surface area (Å²) >= 11 is 6.40. The summed E-state index contributed by atoms with van der Waals surface area (Å²) in [7, 11) is 1.68. The molecule has 4 N–H and O–H groups in total. The van der Waals surface area contributed by atoms with E-state index in [0.717, 1.165) is 16.7 Å². The SMILES string of the molecule is COC(C)(C)c1ccc(Cc2cc([C@@H]3O[C@H](CO)[C@@H](O)[C@H](O)[C@H]3O)ccc2Cl)cc1. The van der Waals surface area contributed by atoms with Crippen molar-refractivity contribution >= 4 is 11.6 Å². The van der Waals surface area contributed by atoms with Gasteiger partial charge in [0.15, 0.2) is 0 Å². The van der Waals surface area contributed by atoms with E-state index in [4.69, 9.17) is 21.1 Å². The van der Waals surface area contributed by atoms with Crippen LogP contribution in [-0.2, 0) is 21.5 Å². The van der Waals surface area contributed by atoms with Crippen molar-refractivity contribution in [3.63, 3.8) is 0 Å². The molecule has 1 aliphatic rings. The van der Waals surface area contributed by atoms with Gasteiger partial charge in [-0.2, -0.15) is 0 Å². The first-order valence-corrected chi connectivity index (χ1v) is 10.3. The van der Waals surface area contributed by atoms with Crippen LogP contribution in [0.15, 0.2) is 42.5 Å². The Morgan fingerprint density at radius 3 is 2.27 bits per heavy atom. The molecule has 0 aliphatic carbocycles. The second kappa shape index (κ2) is 9.32. The first kappa shape index (κ1) is 23.2. The van der Waals surface area contributed by atoms with Gasteiger partial charge in [-0.3, -0.25) is 0 Å². The molecule has 0 radical (unpaired) electrons. The zero-order valence-corrected chi connectivity index (χ0v) is 18.1. The summed E-state index contributed by atoms with van der Waals surface area (Å²) in [5.74, 6) is 0.